The fraction of sp³-hybridized carbons (Fsp3) is 0.500. The van der Waals surface area contributed by atoms with Gasteiger partial charge in [0.2, 0.25) is 0 Å². The molecule has 154 valence electrons. The number of allylic oxidation sites excluding steroid dienone is 3. The zero-order valence-electron chi connectivity index (χ0n) is 17.4. The number of benzene rings is 1. The quantitative estimate of drug-likeness (QED) is 0.282. The summed E-state index contributed by atoms with van der Waals surface area (Å²) in [5.74, 6) is -0.614. The number of rotatable bonds is 6. The molecule has 0 fully saturated rings. The molecule has 0 aromatic heterocycles. The van der Waals surface area contributed by atoms with Crippen molar-refractivity contribution < 1.29 is 29.9 Å². The minimum Gasteiger partial charge on any atom is -0.507 e. The largest absolute Gasteiger partial charge is 0.507 e. The average Bonchev–Trinajstić information content (AvgIpc) is 2.59. The Kier molecular flexibility index (Phi) is 6.57. The Morgan fingerprint density at radius 3 is 2.25 bits per heavy atom. The maximum Gasteiger partial charge on any atom is 0.167 e. The fourth-order valence-electron chi connectivity index (χ4n) is 3.37. The van der Waals surface area contributed by atoms with Crippen LogP contribution in [0.25, 0.3) is 0 Å². The number of ether oxygens (including phenoxy) is 1. The summed E-state index contributed by atoms with van der Waals surface area (Å²) in [6.45, 7) is 10.8. The van der Waals surface area contributed by atoms with Gasteiger partial charge in [-0.1, -0.05) is 23.3 Å². The summed E-state index contributed by atoms with van der Waals surface area (Å²) in [4.78, 5) is 17.0. The first-order valence-corrected chi connectivity index (χ1v) is 9.38. The van der Waals surface area contributed by atoms with Crippen molar-refractivity contribution in [2.45, 2.75) is 72.5 Å². The third-order valence-electron chi connectivity index (χ3n) is 5.11. The molecule has 3 N–H and O–H groups in total. The predicted octanol–water partition coefficient (Wildman–Crippen LogP) is 4.72. The van der Waals surface area contributed by atoms with Crippen molar-refractivity contribution in [2.75, 3.05) is 0 Å². The zero-order chi connectivity index (χ0) is 21.2. The molecule has 0 unspecified atom stereocenters. The Hall–Kier alpha value is -2.31. The molecule has 1 aliphatic rings. The van der Waals surface area contributed by atoms with E-state index in [0.717, 1.165) is 11.1 Å². The molecular weight excluding hydrogens is 360 g/mol. The van der Waals surface area contributed by atoms with Gasteiger partial charge in [0.1, 0.15) is 34.5 Å². The van der Waals surface area contributed by atoms with Gasteiger partial charge in [-0.25, -0.2) is 4.89 Å². The molecule has 0 saturated carbocycles. The summed E-state index contributed by atoms with van der Waals surface area (Å²) in [6, 6.07) is 0. The minimum absolute atomic E-state index is 0.0461. The van der Waals surface area contributed by atoms with Gasteiger partial charge in [-0.3, -0.25) is 10.1 Å². The number of carbonyl (C=O) groups is 1. The van der Waals surface area contributed by atoms with E-state index in [1.165, 1.54) is 6.92 Å². The number of carbonyl (C=O) groups excluding carboxylic acids is 1. The fourth-order valence-corrected chi connectivity index (χ4v) is 3.37. The van der Waals surface area contributed by atoms with Crippen molar-refractivity contribution in [1.82, 2.24) is 0 Å². The SMILES string of the molecule is CC(=O)c1c(O)c(CC=C(C)C)c(O)c2c1O[C@](C)(CC=C(C)C)[C@H](OO)C2. The lowest BCUT2D eigenvalue weighted by molar-refractivity contribution is -0.311. The lowest BCUT2D eigenvalue weighted by Crippen LogP contribution is -2.50. The molecule has 1 aromatic rings. The highest BCUT2D eigenvalue weighted by Gasteiger charge is 2.45. The molecule has 2 rings (SSSR count). The van der Waals surface area contributed by atoms with Gasteiger partial charge < -0.3 is 14.9 Å². The number of ketones is 1. The number of aromatic hydroxyl groups is 2. The third-order valence-corrected chi connectivity index (χ3v) is 5.11. The molecule has 2 atom stereocenters. The summed E-state index contributed by atoms with van der Waals surface area (Å²) in [7, 11) is 0. The number of hydrogen-bond donors (Lipinski definition) is 3. The third kappa shape index (κ3) is 4.23. The number of Topliss-reactive ketones (excluding diaryl/α,β-unsaturated/α-hetero) is 1. The highest BCUT2D eigenvalue weighted by molar-refractivity contribution is 6.01. The van der Waals surface area contributed by atoms with Crippen LogP contribution in [0.4, 0.5) is 0 Å². The van der Waals surface area contributed by atoms with Crippen LogP contribution in [0.15, 0.2) is 23.3 Å². The van der Waals surface area contributed by atoms with E-state index in [2.05, 4.69) is 0 Å². The molecule has 1 aromatic carbocycles. The van der Waals surface area contributed by atoms with E-state index in [1.807, 2.05) is 39.8 Å². The van der Waals surface area contributed by atoms with Crippen molar-refractivity contribution >= 4 is 5.78 Å². The van der Waals surface area contributed by atoms with Crippen LogP contribution >= 0.6 is 0 Å². The molecule has 0 aliphatic carbocycles. The van der Waals surface area contributed by atoms with Crippen LogP contribution in [0.1, 0.15) is 69.4 Å². The molecule has 6 heteroatoms. The van der Waals surface area contributed by atoms with Crippen molar-refractivity contribution in [3.05, 3.63) is 40.0 Å². The molecule has 0 amide bonds. The van der Waals surface area contributed by atoms with Gasteiger partial charge in [0.15, 0.2) is 5.78 Å². The van der Waals surface area contributed by atoms with Crippen molar-refractivity contribution in [3.8, 4) is 17.2 Å². The predicted molar refractivity (Wildman–Crippen MR) is 107 cm³/mol. The number of hydrogen-bond acceptors (Lipinski definition) is 6. The van der Waals surface area contributed by atoms with Crippen LogP contribution < -0.4 is 4.74 Å². The van der Waals surface area contributed by atoms with E-state index in [0.29, 0.717) is 12.0 Å². The minimum atomic E-state index is -0.969. The van der Waals surface area contributed by atoms with Crippen LogP contribution in [0, 0.1) is 0 Å². The second-order valence-corrected chi connectivity index (χ2v) is 8.10. The molecule has 0 spiro atoms. The van der Waals surface area contributed by atoms with E-state index in [1.54, 1.807) is 6.92 Å². The second kappa shape index (κ2) is 8.37. The lowest BCUT2D eigenvalue weighted by atomic mass is 9.83. The Morgan fingerprint density at radius 1 is 1.14 bits per heavy atom. The molecular formula is C22H30O6. The highest BCUT2D eigenvalue weighted by atomic mass is 17.1. The topological polar surface area (TPSA) is 96.2 Å². The second-order valence-electron chi connectivity index (χ2n) is 8.10. The zero-order valence-corrected chi connectivity index (χ0v) is 17.4. The normalized spacial score (nSPS) is 20.8. The van der Waals surface area contributed by atoms with Crippen LogP contribution in [0.2, 0.25) is 0 Å². The maximum absolute atomic E-state index is 12.3. The monoisotopic (exact) mass is 390 g/mol. The van der Waals surface area contributed by atoms with Gasteiger partial charge in [0.25, 0.3) is 0 Å². The summed E-state index contributed by atoms with van der Waals surface area (Å²) in [5, 5.41) is 31.0. The van der Waals surface area contributed by atoms with Crippen molar-refractivity contribution in [3.63, 3.8) is 0 Å². The molecule has 1 heterocycles. The van der Waals surface area contributed by atoms with Crippen LogP contribution in [-0.4, -0.2) is 33.0 Å². The molecule has 0 saturated heterocycles. The Morgan fingerprint density at radius 2 is 1.75 bits per heavy atom. The van der Waals surface area contributed by atoms with Crippen LogP contribution in [0.3, 0.4) is 0 Å². The standard InChI is InChI=1S/C22H30O6/c1-12(2)7-8-15-19(24)16-11-17(28-26)22(6,10-9-13(3)4)27-21(16)18(14(5)23)20(15)25/h7,9,17,24-26H,8,10-11H2,1-6H3/t17-,22-/m1/s1. The first-order chi connectivity index (χ1) is 13.0. The van der Waals surface area contributed by atoms with E-state index in [-0.39, 0.29) is 47.0 Å². The number of fused-ring (bicyclic) bond motifs is 1. The maximum atomic E-state index is 12.3. The number of phenolic OH excluding ortho intramolecular Hbond substituents is 2. The Labute approximate surface area is 166 Å². The van der Waals surface area contributed by atoms with E-state index < -0.39 is 11.7 Å². The summed E-state index contributed by atoms with van der Waals surface area (Å²) in [6.07, 6.45) is 3.90. The van der Waals surface area contributed by atoms with Gasteiger partial charge in [-0.05, 0) is 48.0 Å². The Balaban J connectivity index is 2.68. The van der Waals surface area contributed by atoms with E-state index in [9.17, 15) is 20.3 Å². The summed E-state index contributed by atoms with van der Waals surface area (Å²) >= 11 is 0. The van der Waals surface area contributed by atoms with Crippen molar-refractivity contribution in [2.24, 2.45) is 0 Å². The van der Waals surface area contributed by atoms with Gasteiger partial charge in [-0.2, -0.15) is 0 Å². The lowest BCUT2D eigenvalue weighted by Gasteiger charge is -2.41. The van der Waals surface area contributed by atoms with Crippen molar-refractivity contribution in [1.29, 1.82) is 0 Å². The number of phenols is 2. The van der Waals surface area contributed by atoms with Gasteiger partial charge in [0.05, 0.1) is 0 Å². The van der Waals surface area contributed by atoms with E-state index >= 15 is 0 Å². The first-order valence-electron chi connectivity index (χ1n) is 9.38. The first kappa shape index (κ1) is 22.0. The molecule has 28 heavy (non-hydrogen) atoms. The van der Waals surface area contributed by atoms with E-state index in [4.69, 9.17) is 9.62 Å². The molecule has 0 radical (unpaired) electrons. The summed E-state index contributed by atoms with van der Waals surface area (Å²) < 4.78 is 6.12. The molecule has 6 nitrogen and oxygen atoms in total. The Bertz CT molecular complexity index is 828. The summed E-state index contributed by atoms with van der Waals surface area (Å²) in [5.41, 5.74) is 1.78. The van der Waals surface area contributed by atoms with Crippen LogP contribution in [-0.2, 0) is 17.7 Å². The molecule has 1 aliphatic heterocycles. The smallest absolute Gasteiger partial charge is 0.167 e. The van der Waals surface area contributed by atoms with Gasteiger partial charge in [-0.15, -0.1) is 0 Å². The molecule has 0 bridgehead atoms. The van der Waals surface area contributed by atoms with Gasteiger partial charge in [0, 0.05) is 24.0 Å². The average molecular weight is 390 g/mol. The van der Waals surface area contributed by atoms with Gasteiger partial charge >= 0.3 is 0 Å². The highest BCUT2D eigenvalue weighted by Crippen LogP contribution is 2.49. The van der Waals surface area contributed by atoms with Crippen LogP contribution in [0.5, 0.6) is 17.2 Å².